The number of rotatable bonds is 2. The highest BCUT2D eigenvalue weighted by molar-refractivity contribution is 7.98. The molecular weight excluding hydrogens is 484 g/mol. The second-order valence-electron chi connectivity index (χ2n) is 13.1. The van der Waals surface area contributed by atoms with Gasteiger partial charge in [-0.2, -0.15) is 0 Å². The van der Waals surface area contributed by atoms with Crippen LogP contribution in [0.4, 0.5) is 0 Å². The lowest BCUT2D eigenvalue weighted by molar-refractivity contribution is 0.0645. The van der Waals surface area contributed by atoms with E-state index in [2.05, 4.69) is 94.6 Å². The van der Waals surface area contributed by atoms with Crippen molar-refractivity contribution in [3.63, 3.8) is 0 Å². The maximum Gasteiger partial charge on any atom is 0.142 e. The first kappa shape index (κ1) is 23.9. The molecule has 0 radical (unpaired) electrons. The molecule has 1 spiro atoms. The molecule has 1 aromatic heterocycles. The molecule has 0 aliphatic heterocycles. The lowest BCUT2D eigenvalue weighted by atomic mass is 9.52. The molecule has 0 atom stereocenters. The van der Waals surface area contributed by atoms with Gasteiger partial charge in [-0.25, -0.2) is 0 Å². The van der Waals surface area contributed by atoms with E-state index >= 15 is 0 Å². The Labute approximate surface area is 229 Å². The Balaban J connectivity index is 1.55. The van der Waals surface area contributed by atoms with Gasteiger partial charge >= 0.3 is 0 Å². The molecule has 5 aromatic rings. The minimum absolute atomic E-state index is 0.0990. The summed E-state index contributed by atoms with van der Waals surface area (Å²) in [6, 6.07) is 23.8. The first-order chi connectivity index (χ1) is 18.1. The molecule has 38 heavy (non-hydrogen) atoms. The highest BCUT2D eigenvalue weighted by Crippen LogP contribution is 2.65. The van der Waals surface area contributed by atoms with Crippen LogP contribution in [-0.2, 0) is 5.41 Å². The number of hydrogen-bond donors (Lipinski definition) is 1. The minimum atomic E-state index is -0.0990. The number of hydrogen-bond acceptors (Lipinski definition) is 3. The summed E-state index contributed by atoms with van der Waals surface area (Å²) in [7, 11) is 0. The van der Waals surface area contributed by atoms with E-state index in [1.165, 1.54) is 28.7 Å². The van der Waals surface area contributed by atoms with E-state index < -0.39 is 0 Å². The van der Waals surface area contributed by atoms with Crippen molar-refractivity contribution in [2.75, 3.05) is 6.26 Å². The van der Waals surface area contributed by atoms with Crippen LogP contribution in [0.15, 0.2) is 82.3 Å². The Hall–Kier alpha value is -3.17. The number of phenolic OH excluding ortho intramolecular Hbond substituents is 1. The van der Waals surface area contributed by atoms with E-state index in [9.17, 15) is 5.11 Å². The van der Waals surface area contributed by atoms with Crippen LogP contribution in [0, 0.1) is 10.8 Å². The molecule has 0 amide bonds. The molecule has 0 unspecified atom stereocenters. The summed E-state index contributed by atoms with van der Waals surface area (Å²) in [5, 5.41) is 15.9. The van der Waals surface area contributed by atoms with Gasteiger partial charge < -0.3 is 9.52 Å². The van der Waals surface area contributed by atoms with Gasteiger partial charge in [0.05, 0.1) is 6.26 Å². The third-order valence-electron chi connectivity index (χ3n) is 8.93. The molecule has 1 fully saturated rings. The van der Waals surface area contributed by atoms with Crippen LogP contribution in [-0.4, -0.2) is 11.4 Å². The van der Waals surface area contributed by atoms with Crippen molar-refractivity contribution in [1.29, 1.82) is 0 Å². The summed E-state index contributed by atoms with van der Waals surface area (Å²) < 4.78 is 6.12. The van der Waals surface area contributed by atoms with Gasteiger partial charge in [0.2, 0.25) is 0 Å². The fraction of sp³-hybridized carbons (Fsp3) is 0.314. The van der Waals surface area contributed by atoms with Gasteiger partial charge in [0.25, 0.3) is 0 Å². The van der Waals surface area contributed by atoms with E-state index in [0.29, 0.717) is 5.75 Å². The van der Waals surface area contributed by atoms with Gasteiger partial charge in [-0.1, -0.05) is 76.2 Å². The molecular formula is C35H34O2S. The van der Waals surface area contributed by atoms with Gasteiger partial charge in [0.15, 0.2) is 0 Å². The molecule has 3 heteroatoms. The lowest BCUT2D eigenvalue weighted by Gasteiger charge is -2.51. The predicted octanol–water partition coefficient (Wildman–Crippen LogP) is 10.2. The molecule has 0 bridgehead atoms. The van der Waals surface area contributed by atoms with Crippen LogP contribution in [0.2, 0.25) is 0 Å². The van der Waals surface area contributed by atoms with Gasteiger partial charge in [0, 0.05) is 32.0 Å². The maximum atomic E-state index is 11.6. The Morgan fingerprint density at radius 3 is 2.21 bits per heavy atom. The van der Waals surface area contributed by atoms with Crippen LogP contribution in [0.25, 0.3) is 44.0 Å². The van der Waals surface area contributed by atoms with Crippen LogP contribution < -0.4 is 0 Å². The van der Waals surface area contributed by atoms with Gasteiger partial charge in [-0.3, -0.25) is 0 Å². The van der Waals surface area contributed by atoms with Crippen LogP contribution in [0.5, 0.6) is 5.75 Å². The lowest BCUT2D eigenvalue weighted by Crippen LogP contribution is -2.43. The molecule has 2 nitrogen and oxygen atoms in total. The van der Waals surface area contributed by atoms with Gasteiger partial charge in [0.1, 0.15) is 11.5 Å². The van der Waals surface area contributed by atoms with Crippen molar-refractivity contribution in [1.82, 2.24) is 0 Å². The van der Waals surface area contributed by atoms with E-state index in [4.69, 9.17) is 4.42 Å². The maximum absolute atomic E-state index is 11.6. The molecule has 2 aliphatic carbocycles. The Kier molecular flexibility index (Phi) is 4.99. The summed E-state index contributed by atoms with van der Waals surface area (Å²) in [5.74, 6) is 1.22. The molecule has 1 N–H and O–H groups in total. The van der Waals surface area contributed by atoms with Crippen molar-refractivity contribution < 1.29 is 9.52 Å². The third-order valence-corrected chi connectivity index (χ3v) is 9.71. The van der Waals surface area contributed by atoms with Crippen molar-refractivity contribution in [3.05, 3.63) is 84.1 Å². The molecule has 1 saturated carbocycles. The average molecular weight is 519 g/mol. The molecule has 1 heterocycles. The summed E-state index contributed by atoms with van der Waals surface area (Å²) in [5.41, 5.74) is 6.69. The topological polar surface area (TPSA) is 33.4 Å². The standard InChI is InChI=1S/C35H34O2S/c1-33(2)18-34(3,4)20-35(19-33)27-13-9-8-12-23(27)31-25-15-30(38-5)26(14-24(25)29(36)16-28(31)35)32-22-11-7-6-10-21(22)17-37-32/h6-17,36H,18-20H2,1-5H3. The summed E-state index contributed by atoms with van der Waals surface area (Å²) in [6.45, 7) is 9.68. The Bertz CT molecular complexity index is 1740. The first-order valence-corrected chi connectivity index (χ1v) is 14.8. The van der Waals surface area contributed by atoms with E-state index in [0.717, 1.165) is 50.6 Å². The largest absolute Gasteiger partial charge is 0.507 e. The van der Waals surface area contributed by atoms with Crippen molar-refractivity contribution in [2.24, 2.45) is 10.8 Å². The van der Waals surface area contributed by atoms with Crippen molar-refractivity contribution in [2.45, 2.75) is 57.3 Å². The van der Waals surface area contributed by atoms with Crippen molar-refractivity contribution in [3.8, 4) is 28.2 Å². The van der Waals surface area contributed by atoms with E-state index in [1.807, 2.05) is 12.3 Å². The first-order valence-electron chi connectivity index (χ1n) is 13.6. The fourth-order valence-corrected chi connectivity index (χ4v) is 9.01. The van der Waals surface area contributed by atoms with Crippen LogP contribution in [0.1, 0.15) is 58.1 Å². The number of thioether (sulfide) groups is 1. The third kappa shape index (κ3) is 3.34. The van der Waals surface area contributed by atoms with E-state index in [-0.39, 0.29) is 16.2 Å². The molecule has 192 valence electrons. The smallest absolute Gasteiger partial charge is 0.142 e. The van der Waals surface area contributed by atoms with Crippen LogP contribution >= 0.6 is 11.8 Å². The zero-order valence-electron chi connectivity index (χ0n) is 22.8. The van der Waals surface area contributed by atoms with Gasteiger partial charge in [-0.05, 0) is 82.2 Å². The number of fused-ring (bicyclic) bond motifs is 8. The number of benzene rings is 4. The SMILES string of the molecule is CSc1cc2c3c(cc(O)c2cc1-c1occ2ccccc12)C1(CC(C)(C)CC(C)(C)C1)c1ccccc1-3. The summed E-state index contributed by atoms with van der Waals surface area (Å²) in [6.07, 6.45) is 7.33. The molecule has 0 saturated heterocycles. The highest BCUT2D eigenvalue weighted by atomic mass is 32.2. The van der Waals surface area contributed by atoms with E-state index in [1.54, 1.807) is 11.8 Å². The zero-order chi connectivity index (χ0) is 26.4. The summed E-state index contributed by atoms with van der Waals surface area (Å²) >= 11 is 1.73. The quantitative estimate of drug-likeness (QED) is 0.236. The van der Waals surface area contributed by atoms with Crippen LogP contribution in [0.3, 0.4) is 0 Å². The second-order valence-corrected chi connectivity index (χ2v) is 13.9. The average Bonchev–Trinajstić information content (AvgIpc) is 3.39. The summed E-state index contributed by atoms with van der Waals surface area (Å²) in [4.78, 5) is 1.16. The number of aromatic hydroxyl groups is 1. The molecule has 4 aromatic carbocycles. The van der Waals surface area contributed by atoms with Gasteiger partial charge in [-0.15, -0.1) is 11.8 Å². The number of furan rings is 1. The predicted molar refractivity (Wildman–Crippen MR) is 160 cm³/mol. The monoisotopic (exact) mass is 518 g/mol. The normalized spacial score (nSPS) is 18.7. The van der Waals surface area contributed by atoms with Crippen molar-refractivity contribution >= 4 is 33.3 Å². The Morgan fingerprint density at radius 2 is 1.45 bits per heavy atom. The number of phenols is 1. The second kappa shape index (κ2) is 7.93. The Morgan fingerprint density at radius 1 is 0.737 bits per heavy atom. The molecule has 2 aliphatic rings. The minimum Gasteiger partial charge on any atom is -0.507 e. The molecule has 7 rings (SSSR count). The zero-order valence-corrected chi connectivity index (χ0v) is 23.6. The fourth-order valence-electron chi connectivity index (χ4n) is 8.41. The highest BCUT2D eigenvalue weighted by Gasteiger charge is 2.53.